The number of hydrogen-bond donors (Lipinski definition) is 1. The van der Waals surface area contributed by atoms with Gasteiger partial charge in [0.05, 0.1) is 32.3 Å². The molecule has 1 amide bonds. The van der Waals surface area contributed by atoms with Crippen LogP contribution in [0.15, 0.2) is 18.2 Å². The minimum atomic E-state index is -2.99. The van der Waals surface area contributed by atoms with E-state index >= 15 is 0 Å². The zero-order chi connectivity index (χ0) is 17.7. The highest BCUT2D eigenvalue weighted by Crippen LogP contribution is 2.27. The third-order valence-corrected chi connectivity index (χ3v) is 5.68. The third kappa shape index (κ3) is 5.10. The van der Waals surface area contributed by atoms with Crippen molar-refractivity contribution in [3.05, 3.63) is 23.8 Å². The first-order valence-corrected chi connectivity index (χ1v) is 9.54. The van der Waals surface area contributed by atoms with Gasteiger partial charge in [0, 0.05) is 12.6 Å². The molecule has 7 nitrogen and oxygen atoms in total. The number of methoxy groups -OCH3 is 2. The van der Waals surface area contributed by atoms with Crippen molar-refractivity contribution in [1.82, 2.24) is 10.2 Å². The number of amides is 1. The minimum absolute atomic E-state index is 0.0398. The topological polar surface area (TPSA) is 84.9 Å². The number of carbonyl (C=O) groups is 1. The van der Waals surface area contributed by atoms with E-state index in [4.69, 9.17) is 9.47 Å². The predicted octanol–water partition coefficient (Wildman–Crippen LogP) is 0.439. The Kier molecular flexibility index (Phi) is 6.06. The van der Waals surface area contributed by atoms with Crippen LogP contribution in [0.3, 0.4) is 0 Å². The molecule has 24 heavy (non-hydrogen) atoms. The summed E-state index contributed by atoms with van der Waals surface area (Å²) in [6, 6.07) is 5.35. The van der Waals surface area contributed by atoms with Gasteiger partial charge in [-0.05, 0) is 31.2 Å². The van der Waals surface area contributed by atoms with Crippen LogP contribution in [0.4, 0.5) is 0 Å². The van der Waals surface area contributed by atoms with Gasteiger partial charge in [-0.25, -0.2) is 8.42 Å². The first-order valence-electron chi connectivity index (χ1n) is 7.72. The Morgan fingerprint density at radius 1 is 1.29 bits per heavy atom. The van der Waals surface area contributed by atoms with Crippen molar-refractivity contribution in [1.29, 1.82) is 0 Å². The first kappa shape index (κ1) is 18.5. The molecule has 1 atom stereocenters. The molecular formula is C16H24N2O5S. The number of benzene rings is 1. The van der Waals surface area contributed by atoms with Crippen molar-refractivity contribution >= 4 is 15.7 Å². The molecule has 1 fully saturated rings. The number of sulfone groups is 1. The summed E-state index contributed by atoms with van der Waals surface area (Å²) in [6.45, 7) is 0.766. The largest absolute Gasteiger partial charge is 0.493 e. The van der Waals surface area contributed by atoms with Crippen molar-refractivity contribution in [2.75, 3.05) is 39.3 Å². The maximum absolute atomic E-state index is 12.0. The van der Waals surface area contributed by atoms with Crippen molar-refractivity contribution in [3.63, 3.8) is 0 Å². The van der Waals surface area contributed by atoms with Gasteiger partial charge in [0.25, 0.3) is 0 Å². The van der Waals surface area contributed by atoms with Crippen molar-refractivity contribution in [2.45, 2.75) is 19.0 Å². The highest BCUT2D eigenvalue weighted by atomic mass is 32.2. The van der Waals surface area contributed by atoms with Crippen LogP contribution in [0, 0.1) is 0 Å². The maximum atomic E-state index is 12.0. The summed E-state index contributed by atoms with van der Waals surface area (Å²) in [5.74, 6) is 1.32. The molecule has 0 aromatic heterocycles. The molecule has 1 N–H and O–H groups in total. The van der Waals surface area contributed by atoms with Gasteiger partial charge in [0.2, 0.25) is 5.91 Å². The van der Waals surface area contributed by atoms with Crippen LogP contribution in [0.1, 0.15) is 12.0 Å². The molecule has 1 aliphatic heterocycles. The number of nitrogens with one attached hydrogen (secondary N) is 1. The van der Waals surface area contributed by atoms with Gasteiger partial charge < -0.3 is 14.8 Å². The Bertz CT molecular complexity index is 690. The zero-order valence-corrected chi connectivity index (χ0v) is 15.1. The van der Waals surface area contributed by atoms with Gasteiger partial charge in [0.1, 0.15) is 0 Å². The van der Waals surface area contributed by atoms with E-state index in [0.717, 1.165) is 5.56 Å². The van der Waals surface area contributed by atoms with Crippen LogP contribution in [0.2, 0.25) is 0 Å². The molecule has 1 unspecified atom stereocenters. The quantitative estimate of drug-likeness (QED) is 0.763. The highest BCUT2D eigenvalue weighted by molar-refractivity contribution is 7.91. The third-order valence-electron chi connectivity index (χ3n) is 3.91. The Balaban J connectivity index is 1.86. The number of rotatable bonds is 7. The van der Waals surface area contributed by atoms with Gasteiger partial charge in [-0.1, -0.05) is 6.07 Å². The summed E-state index contributed by atoms with van der Waals surface area (Å²) in [6.07, 6.45) is 0.494. The number of likely N-dealkylation sites (N-methyl/N-ethyl adjacent to an activating group) is 1. The van der Waals surface area contributed by atoms with Crippen LogP contribution in [0.5, 0.6) is 11.5 Å². The van der Waals surface area contributed by atoms with E-state index in [9.17, 15) is 13.2 Å². The van der Waals surface area contributed by atoms with Crippen LogP contribution in [-0.4, -0.2) is 64.6 Å². The number of hydrogen-bond acceptors (Lipinski definition) is 6. The number of nitrogens with zero attached hydrogens (tertiary/aromatic N) is 1. The molecule has 1 heterocycles. The summed E-state index contributed by atoms with van der Waals surface area (Å²) in [4.78, 5) is 13.9. The van der Waals surface area contributed by atoms with E-state index in [1.807, 2.05) is 30.1 Å². The normalized spacial score (nSPS) is 19.2. The van der Waals surface area contributed by atoms with Crippen LogP contribution in [0.25, 0.3) is 0 Å². The van der Waals surface area contributed by atoms with Crippen molar-refractivity contribution in [2.24, 2.45) is 0 Å². The molecule has 134 valence electrons. The van der Waals surface area contributed by atoms with Crippen LogP contribution < -0.4 is 14.8 Å². The summed E-state index contributed by atoms with van der Waals surface area (Å²) >= 11 is 0. The second kappa shape index (κ2) is 7.85. The number of carbonyl (C=O) groups excluding carboxylic acids is 1. The summed E-state index contributed by atoms with van der Waals surface area (Å²) in [5.41, 5.74) is 0.992. The fourth-order valence-electron chi connectivity index (χ4n) is 2.77. The SMILES string of the molecule is COc1ccc(CN(C)CC(=O)NC2CCS(=O)(=O)C2)cc1OC. The fraction of sp³-hybridized carbons (Fsp3) is 0.562. The van der Waals surface area contributed by atoms with Gasteiger partial charge in [-0.3, -0.25) is 9.69 Å². The molecule has 1 aliphatic rings. The molecule has 0 spiro atoms. The van der Waals surface area contributed by atoms with E-state index < -0.39 is 9.84 Å². The van der Waals surface area contributed by atoms with Gasteiger partial charge in [-0.2, -0.15) is 0 Å². The van der Waals surface area contributed by atoms with E-state index in [1.54, 1.807) is 14.2 Å². The Labute approximate surface area is 142 Å². The number of ether oxygens (including phenoxy) is 2. The molecule has 1 saturated heterocycles. The van der Waals surface area contributed by atoms with Crippen molar-refractivity contribution in [3.8, 4) is 11.5 Å². The predicted molar refractivity (Wildman–Crippen MR) is 91.1 cm³/mol. The van der Waals surface area contributed by atoms with Gasteiger partial charge >= 0.3 is 0 Å². The molecule has 0 saturated carbocycles. The molecule has 0 aliphatic carbocycles. The molecule has 0 radical (unpaired) electrons. The van der Waals surface area contributed by atoms with E-state index in [2.05, 4.69) is 5.32 Å². The van der Waals surface area contributed by atoms with Gasteiger partial charge in [0.15, 0.2) is 21.3 Å². The lowest BCUT2D eigenvalue weighted by Crippen LogP contribution is -2.41. The Morgan fingerprint density at radius 2 is 2.00 bits per heavy atom. The smallest absolute Gasteiger partial charge is 0.234 e. The van der Waals surface area contributed by atoms with Crippen LogP contribution >= 0.6 is 0 Å². The fourth-order valence-corrected chi connectivity index (χ4v) is 4.45. The lowest BCUT2D eigenvalue weighted by atomic mass is 10.2. The van der Waals surface area contributed by atoms with E-state index in [-0.39, 0.29) is 30.0 Å². The molecule has 0 bridgehead atoms. The first-order chi connectivity index (χ1) is 11.3. The van der Waals surface area contributed by atoms with E-state index in [0.29, 0.717) is 24.5 Å². The molecule has 2 rings (SSSR count). The van der Waals surface area contributed by atoms with Crippen molar-refractivity contribution < 1.29 is 22.7 Å². The second-order valence-electron chi connectivity index (χ2n) is 6.03. The molecule has 8 heteroatoms. The summed E-state index contributed by atoms with van der Waals surface area (Å²) in [7, 11) is 2.01. The lowest BCUT2D eigenvalue weighted by molar-refractivity contribution is -0.122. The summed E-state index contributed by atoms with van der Waals surface area (Å²) in [5, 5.41) is 2.79. The second-order valence-corrected chi connectivity index (χ2v) is 8.26. The average Bonchev–Trinajstić information content (AvgIpc) is 2.85. The van der Waals surface area contributed by atoms with E-state index in [1.165, 1.54) is 0 Å². The molecular weight excluding hydrogens is 332 g/mol. The monoisotopic (exact) mass is 356 g/mol. The van der Waals surface area contributed by atoms with Gasteiger partial charge in [-0.15, -0.1) is 0 Å². The molecule has 1 aromatic carbocycles. The highest BCUT2D eigenvalue weighted by Gasteiger charge is 2.28. The maximum Gasteiger partial charge on any atom is 0.234 e. The average molecular weight is 356 g/mol. The standard InChI is InChI=1S/C16H24N2O5S/c1-18(9-12-4-5-14(22-2)15(8-12)23-3)10-16(19)17-13-6-7-24(20,21)11-13/h4-5,8,13H,6-7,9-11H2,1-3H3,(H,17,19). The van der Waals surface area contributed by atoms with Crippen LogP contribution in [-0.2, 0) is 21.2 Å². The minimum Gasteiger partial charge on any atom is -0.493 e. The Morgan fingerprint density at radius 3 is 2.58 bits per heavy atom. The zero-order valence-electron chi connectivity index (χ0n) is 14.2. The lowest BCUT2D eigenvalue weighted by Gasteiger charge is -2.19. The molecule has 1 aromatic rings. The Hall–Kier alpha value is -1.80. The summed E-state index contributed by atoms with van der Waals surface area (Å²) < 4.78 is 33.3.